The summed E-state index contributed by atoms with van der Waals surface area (Å²) in [7, 11) is 0. The predicted octanol–water partition coefficient (Wildman–Crippen LogP) is 1.70. The van der Waals surface area contributed by atoms with Crippen LogP contribution in [0.15, 0.2) is 0 Å². The quantitative estimate of drug-likeness (QED) is 0.858. The largest absolute Gasteiger partial charge is 0.393 e. The zero-order valence-corrected chi connectivity index (χ0v) is 11.9. The van der Waals surface area contributed by atoms with Gasteiger partial charge in [-0.05, 0) is 44.2 Å². The summed E-state index contributed by atoms with van der Waals surface area (Å²) < 4.78 is 0. The van der Waals surface area contributed by atoms with Crippen LogP contribution in [-0.4, -0.2) is 45.8 Å². The molecule has 0 saturated carbocycles. The minimum absolute atomic E-state index is 0.204. The third-order valence-corrected chi connectivity index (χ3v) is 3.25. The first-order chi connectivity index (χ1) is 9.15. The van der Waals surface area contributed by atoms with E-state index < -0.39 is 0 Å². The summed E-state index contributed by atoms with van der Waals surface area (Å²) in [6.07, 6.45) is 3.88. The van der Waals surface area contributed by atoms with Crippen LogP contribution in [0, 0.1) is 0 Å². The molecule has 1 fully saturated rings. The molecule has 0 aromatic carbocycles. The molecular formula is C12H20ClN5O. The number of nitrogens with one attached hydrogen (secondary N) is 1. The van der Waals surface area contributed by atoms with Crippen LogP contribution in [0.5, 0.6) is 0 Å². The number of hydrogen-bond acceptors (Lipinski definition) is 6. The zero-order chi connectivity index (χ0) is 13.7. The molecule has 2 rings (SSSR count). The number of anilines is 2. The van der Waals surface area contributed by atoms with E-state index in [1.54, 1.807) is 6.92 Å². The maximum atomic E-state index is 9.22. The van der Waals surface area contributed by atoms with E-state index in [0.717, 1.165) is 25.9 Å². The van der Waals surface area contributed by atoms with Crippen LogP contribution in [0.3, 0.4) is 0 Å². The Morgan fingerprint density at radius 3 is 2.68 bits per heavy atom. The molecule has 2 heterocycles. The molecule has 0 amide bonds. The Bertz CT molecular complexity index is 409. The van der Waals surface area contributed by atoms with Crippen molar-refractivity contribution in [3.63, 3.8) is 0 Å². The van der Waals surface area contributed by atoms with Crippen molar-refractivity contribution in [1.82, 2.24) is 15.0 Å². The van der Waals surface area contributed by atoms with Crippen molar-refractivity contribution in [2.24, 2.45) is 0 Å². The molecule has 106 valence electrons. The molecule has 1 aromatic rings. The Kier molecular flexibility index (Phi) is 5.15. The summed E-state index contributed by atoms with van der Waals surface area (Å²) in [5.41, 5.74) is 0. The molecule has 0 radical (unpaired) electrons. The molecule has 0 aliphatic carbocycles. The van der Waals surface area contributed by atoms with E-state index in [9.17, 15) is 5.11 Å². The second-order valence-corrected chi connectivity index (χ2v) is 5.18. The van der Waals surface area contributed by atoms with Gasteiger partial charge in [-0.1, -0.05) is 0 Å². The molecule has 6 nitrogen and oxygen atoms in total. The van der Waals surface area contributed by atoms with Crippen molar-refractivity contribution in [2.75, 3.05) is 29.9 Å². The highest BCUT2D eigenvalue weighted by molar-refractivity contribution is 6.28. The summed E-state index contributed by atoms with van der Waals surface area (Å²) in [6, 6.07) is 0. The van der Waals surface area contributed by atoms with Gasteiger partial charge in [-0.25, -0.2) is 0 Å². The van der Waals surface area contributed by atoms with Crippen LogP contribution in [0.4, 0.5) is 11.9 Å². The van der Waals surface area contributed by atoms with Gasteiger partial charge in [0.1, 0.15) is 0 Å². The lowest BCUT2D eigenvalue weighted by Gasteiger charge is -2.26. The lowest BCUT2D eigenvalue weighted by Crippen LogP contribution is -2.31. The van der Waals surface area contributed by atoms with Gasteiger partial charge >= 0.3 is 0 Å². The molecule has 0 bridgehead atoms. The fourth-order valence-corrected chi connectivity index (χ4v) is 2.20. The first-order valence-electron chi connectivity index (χ1n) is 6.73. The normalized spacial score (nSPS) is 17.3. The van der Waals surface area contributed by atoms with E-state index in [1.807, 2.05) is 0 Å². The van der Waals surface area contributed by atoms with Gasteiger partial charge in [0.2, 0.25) is 17.2 Å². The second-order valence-electron chi connectivity index (χ2n) is 4.84. The molecule has 1 aliphatic heterocycles. The molecule has 2 N–H and O–H groups in total. The van der Waals surface area contributed by atoms with Gasteiger partial charge in [0.15, 0.2) is 0 Å². The van der Waals surface area contributed by atoms with Gasteiger partial charge in [0, 0.05) is 19.6 Å². The minimum atomic E-state index is -0.341. The number of aliphatic hydroxyl groups is 1. The smallest absolute Gasteiger partial charge is 0.231 e. The summed E-state index contributed by atoms with van der Waals surface area (Å²) in [6.45, 7) is 4.29. The number of aromatic nitrogens is 3. The summed E-state index contributed by atoms with van der Waals surface area (Å²) in [4.78, 5) is 14.7. The Labute approximate surface area is 118 Å². The number of halogens is 1. The van der Waals surface area contributed by atoms with E-state index >= 15 is 0 Å². The van der Waals surface area contributed by atoms with Crippen LogP contribution < -0.4 is 10.2 Å². The van der Waals surface area contributed by atoms with Gasteiger partial charge < -0.3 is 15.3 Å². The molecule has 1 aromatic heterocycles. The molecular weight excluding hydrogens is 266 g/mol. The second kappa shape index (κ2) is 6.86. The van der Waals surface area contributed by atoms with Crippen molar-refractivity contribution in [2.45, 2.75) is 38.7 Å². The number of piperidine rings is 1. The Balaban J connectivity index is 2.01. The van der Waals surface area contributed by atoms with Gasteiger partial charge in [0.25, 0.3) is 0 Å². The summed E-state index contributed by atoms with van der Waals surface area (Å²) in [5, 5.41) is 12.5. The minimum Gasteiger partial charge on any atom is -0.393 e. The van der Waals surface area contributed by atoms with Gasteiger partial charge in [-0.3, -0.25) is 0 Å². The topological polar surface area (TPSA) is 74.2 Å². The molecule has 7 heteroatoms. The van der Waals surface area contributed by atoms with E-state index in [0.29, 0.717) is 24.9 Å². The Morgan fingerprint density at radius 1 is 1.26 bits per heavy atom. The van der Waals surface area contributed by atoms with Crippen LogP contribution in [-0.2, 0) is 0 Å². The average Bonchev–Trinajstić information content (AvgIpc) is 2.39. The van der Waals surface area contributed by atoms with Crippen LogP contribution in [0.25, 0.3) is 0 Å². The zero-order valence-electron chi connectivity index (χ0n) is 11.1. The Morgan fingerprint density at radius 2 is 2.00 bits per heavy atom. The van der Waals surface area contributed by atoms with Crippen molar-refractivity contribution in [3.05, 3.63) is 5.28 Å². The Hall–Kier alpha value is -1.14. The fraction of sp³-hybridized carbons (Fsp3) is 0.750. The van der Waals surface area contributed by atoms with Crippen molar-refractivity contribution < 1.29 is 5.11 Å². The van der Waals surface area contributed by atoms with E-state index in [2.05, 4.69) is 25.2 Å². The monoisotopic (exact) mass is 285 g/mol. The number of rotatable bonds is 5. The number of nitrogens with zero attached hydrogens (tertiary/aromatic N) is 4. The molecule has 1 atom stereocenters. The van der Waals surface area contributed by atoms with E-state index in [1.165, 1.54) is 6.42 Å². The third kappa shape index (κ3) is 4.47. The van der Waals surface area contributed by atoms with Gasteiger partial charge in [0.05, 0.1) is 6.10 Å². The summed E-state index contributed by atoms with van der Waals surface area (Å²) in [5.74, 6) is 1.11. The van der Waals surface area contributed by atoms with Crippen LogP contribution >= 0.6 is 11.6 Å². The van der Waals surface area contributed by atoms with Crippen molar-refractivity contribution in [3.8, 4) is 0 Å². The highest BCUT2D eigenvalue weighted by atomic mass is 35.5. The van der Waals surface area contributed by atoms with Crippen molar-refractivity contribution >= 4 is 23.5 Å². The first kappa shape index (κ1) is 14.3. The highest BCUT2D eigenvalue weighted by Crippen LogP contribution is 2.18. The highest BCUT2D eigenvalue weighted by Gasteiger charge is 2.15. The third-order valence-electron chi connectivity index (χ3n) is 3.08. The van der Waals surface area contributed by atoms with Gasteiger partial charge in [-0.15, -0.1) is 0 Å². The van der Waals surface area contributed by atoms with Gasteiger partial charge in [-0.2, -0.15) is 15.0 Å². The molecule has 1 aliphatic rings. The predicted molar refractivity (Wildman–Crippen MR) is 75.7 cm³/mol. The fourth-order valence-electron chi connectivity index (χ4n) is 2.05. The standard InChI is InChI=1S/C12H20ClN5O/c1-9(19)5-6-14-11-15-10(13)16-12(17-11)18-7-3-2-4-8-18/h9,19H,2-8H2,1H3,(H,14,15,16,17). The maximum Gasteiger partial charge on any atom is 0.231 e. The maximum absolute atomic E-state index is 9.22. The molecule has 19 heavy (non-hydrogen) atoms. The lowest BCUT2D eigenvalue weighted by atomic mass is 10.1. The van der Waals surface area contributed by atoms with E-state index in [4.69, 9.17) is 11.6 Å². The number of hydrogen-bond donors (Lipinski definition) is 2. The molecule has 1 unspecified atom stereocenters. The number of aliphatic hydroxyl groups excluding tert-OH is 1. The van der Waals surface area contributed by atoms with Crippen molar-refractivity contribution in [1.29, 1.82) is 0 Å². The molecule has 1 saturated heterocycles. The first-order valence-corrected chi connectivity index (χ1v) is 7.11. The lowest BCUT2D eigenvalue weighted by molar-refractivity contribution is 0.188. The summed E-state index contributed by atoms with van der Waals surface area (Å²) >= 11 is 5.93. The SMILES string of the molecule is CC(O)CCNc1nc(Cl)nc(N2CCCCC2)n1. The molecule has 0 spiro atoms. The van der Waals surface area contributed by atoms with Crippen LogP contribution in [0.2, 0.25) is 5.28 Å². The average molecular weight is 286 g/mol. The van der Waals surface area contributed by atoms with Crippen LogP contribution in [0.1, 0.15) is 32.6 Å². The van der Waals surface area contributed by atoms with E-state index in [-0.39, 0.29) is 11.4 Å².